The number of piperidine rings is 1. The number of aromatic nitrogens is 2. The quantitative estimate of drug-likeness (QED) is 0.539. The SMILES string of the molecule is COc1cc(CC2CC3(COC3)CN3C2=NN(C)CC3(CO)c2ccc(F)cc2)ccc1-n1cnc(C)c1. The van der Waals surface area contributed by atoms with Gasteiger partial charge in [0.1, 0.15) is 22.9 Å². The predicted molar refractivity (Wildman–Crippen MR) is 142 cm³/mol. The third-order valence-electron chi connectivity index (χ3n) is 8.27. The van der Waals surface area contributed by atoms with Gasteiger partial charge in [0, 0.05) is 31.1 Å². The van der Waals surface area contributed by atoms with Gasteiger partial charge in [-0.05, 0) is 55.2 Å². The highest BCUT2D eigenvalue weighted by Gasteiger charge is 2.55. The van der Waals surface area contributed by atoms with Gasteiger partial charge in [0.05, 0.1) is 51.2 Å². The normalized spacial score (nSPS) is 24.1. The van der Waals surface area contributed by atoms with Crippen LogP contribution < -0.4 is 4.74 Å². The highest BCUT2D eigenvalue weighted by Crippen LogP contribution is 2.47. The fraction of sp³-hybridized carbons (Fsp3) is 0.448. The van der Waals surface area contributed by atoms with Gasteiger partial charge in [0.2, 0.25) is 0 Å². The summed E-state index contributed by atoms with van der Waals surface area (Å²) in [5.41, 5.74) is 3.20. The summed E-state index contributed by atoms with van der Waals surface area (Å²) in [6.07, 6.45) is 5.50. The van der Waals surface area contributed by atoms with E-state index in [4.69, 9.17) is 14.6 Å². The Bertz CT molecular complexity index is 1350. The minimum atomic E-state index is -0.721. The molecule has 0 aliphatic carbocycles. The molecule has 2 fully saturated rings. The van der Waals surface area contributed by atoms with E-state index in [0.717, 1.165) is 53.5 Å². The van der Waals surface area contributed by atoms with E-state index >= 15 is 0 Å². The molecular formula is C29H34FN5O3. The Hall–Kier alpha value is -3.43. The summed E-state index contributed by atoms with van der Waals surface area (Å²) in [4.78, 5) is 6.64. The number of methoxy groups -OCH3 is 1. The molecule has 200 valence electrons. The first-order chi connectivity index (χ1) is 18.3. The van der Waals surface area contributed by atoms with Crippen molar-refractivity contribution in [1.82, 2.24) is 19.5 Å². The van der Waals surface area contributed by atoms with Crippen LogP contribution in [0.2, 0.25) is 0 Å². The lowest BCUT2D eigenvalue weighted by Crippen LogP contribution is -2.69. The number of hydrogen-bond acceptors (Lipinski definition) is 7. The summed E-state index contributed by atoms with van der Waals surface area (Å²) in [6.45, 7) is 4.50. The van der Waals surface area contributed by atoms with Crippen molar-refractivity contribution in [3.8, 4) is 11.4 Å². The molecule has 3 aromatic rings. The molecule has 3 aliphatic rings. The van der Waals surface area contributed by atoms with Gasteiger partial charge in [0.15, 0.2) is 0 Å². The number of ether oxygens (including phenoxy) is 2. The first kappa shape index (κ1) is 24.9. The number of aliphatic hydroxyl groups is 1. The number of benzene rings is 2. The molecule has 1 aromatic heterocycles. The van der Waals surface area contributed by atoms with Gasteiger partial charge in [0.25, 0.3) is 0 Å². The first-order valence-corrected chi connectivity index (χ1v) is 13.0. The third kappa shape index (κ3) is 4.14. The summed E-state index contributed by atoms with van der Waals surface area (Å²) < 4.78 is 27.3. The maximum Gasteiger partial charge on any atom is 0.143 e. The number of likely N-dealkylation sites (N-methyl/N-ethyl adjacent to an activating group) is 1. The molecule has 38 heavy (non-hydrogen) atoms. The molecule has 2 unspecified atom stereocenters. The first-order valence-electron chi connectivity index (χ1n) is 13.0. The van der Waals surface area contributed by atoms with E-state index < -0.39 is 5.54 Å². The van der Waals surface area contributed by atoms with Crippen molar-refractivity contribution < 1.29 is 19.0 Å². The van der Waals surface area contributed by atoms with Crippen molar-refractivity contribution in [1.29, 1.82) is 0 Å². The molecule has 2 saturated heterocycles. The van der Waals surface area contributed by atoms with E-state index in [-0.39, 0.29) is 23.8 Å². The third-order valence-corrected chi connectivity index (χ3v) is 8.27. The smallest absolute Gasteiger partial charge is 0.143 e. The van der Waals surface area contributed by atoms with E-state index in [0.29, 0.717) is 19.8 Å². The van der Waals surface area contributed by atoms with E-state index in [1.54, 1.807) is 25.6 Å². The highest BCUT2D eigenvalue weighted by atomic mass is 19.1. The number of hydrogen-bond donors (Lipinski definition) is 1. The van der Waals surface area contributed by atoms with Crippen LogP contribution >= 0.6 is 0 Å². The molecule has 9 heteroatoms. The molecule has 0 radical (unpaired) electrons. The molecule has 3 aliphatic heterocycles. The summed E-state index contributed by atoms with van der Waals surface area (Å²) >= 11 is 0. The highest BCUT2D eigenvalue weighted by molar-refractivity contribution is 5.87. The Morgan fingerprint density at radius 2 is 1.95 bits per heavy atom. The van der Waals surface area contributed by atoms with Crippen LogP contribution in [-0.2, 0) is 16.7 Å². The number of amidine groups is 1. The topological polar surface area (TPSA) is 75.3 Å². The van der Waals surface area contributed by atoms with Crippen LogP contribution in [0.1, 0.15) is 23.2 Å². The lowest BCUT2D eigenvalue weighted by molar-refractivity contribution is -0.153. The van der Waals surface area contributed by atoms with Gasteiger partial charge < -0.3 is 24.0 Å². The Morgan fingerprint density at radius 3 is 2.58 bits per heavy atom. The number of hydrazone groups is 1. The number of aryl methyl sites for hydroxylation is 1. The fourth-order valence-corrected chi connectivity index (χ4v) is 6.39. The van der Waals surface area contributed by atoms with Crippen molar-refractivity contribution in [2.24, 2.45) is 16.4 Å². The van der Waals surface area contributed by atoms with Gasteiger partial charge in [-0.2, -0.15) is 5.10 Å². The standard InChI is InChI=1S/C29H34FN5O3/c1-20-13-34(19-31-20)25-9-4-21(11-26(25)37-3)10-22-12-28(17-38-18-28)14-35-27(22)32-33(2)15-29(35,16-36)23-5-7-24(30)8-6-23/h4-9,11,13,19,22,36H,10,12,14-18H2,1-3H3. The molecule has 0 saturated carbocycles. The number of aliphatic hydroxyl groups excluding tert-OH is 1. The van der Waals surface area contributed by atoms with Crippen molar-refractivity contribution >= 4 is 5.84 Å². The molecule has 6 rings (SSSR count). The van der Waals surface area contributed by atoms with Gasteiger partial charge in [-0.3, -0.25) is 5.01 Å². The van der Waals surface area contributed by atoms with Crippen LogP contribution in [0, 0.1) is 24.1 Å². The maximum absolute atomic E-state index is 13.8. The van der Waals surface area contributed by atoms with Crippen LogP contribution in [0.15, 0.2) is 60.1 Å². The molecule has 1 N–H and O–H groups in total. The number of halogens is 1. The second kappa shape index (κ2) is 9.39. The number of nitrogens with zero attached hydrogens (tertiary/aromatic N) is 5. The number of fused-ring (bicyclic) bond motifs is 1. The largest absolute Gasteiger partial charge is 0.495 e. The zero-order valence-corrected chi connectivity index (χ0v) is 22.1. The van der Waals surface area contributed by atoms with Gasteiger partial charge in [-0.25, -0.2) is 9.37 Å². The molecule has 0 bridgehead atoms. The van der Waals surface area contributed by atoms with E-state index in [2.05, 4.69) is 28.1 Å². The van der Waals surface area contributed by atoms with Crippen LogP contribution in [0.5, 0.6) is 5.75 Å². The van der Waals surface area contributed by atoms with Gasteiger partial charge in [-0.15, -0.1) is 0 Å². The second-order valence-electron chi connectivity index (χ2n) is 11.1. The van der Waals surface area contributed by atoms with E-state index in [1.807, 2.05) is 29.7 Å². The summed E-state index contributed by atoms with van der Waals surface area (Å²) in [6, 6.07) is 12.8. The molecular weight excluding hydrogens is 485 g/mol. The average molecular weight is 520 g/mol. The van der Waals surface area contributed by atoms with Crippen molar-refractivity contribution in [2.45, 2.75) is 25.3 Å². The summed E-state index contributed by atoms with van der Waals surface area (Å²) in [5.74, 6) is 1.58. The lowest BCUT2D eigenvalue weighted by atomic mass is 9.69. The van der Waals surface area contributed by atoms with Crippen LogP contribution in [0.3, 0.4) is 0 Å². The van der Waals surface area contributed by atoms with E-state index in [9.17, 15) is 9.50 Å². The Morgan fingerprint density at radius 1 is 1.16 bits per heavy atom. The molecule has 1 spiro atoms. The second-order valence-corrected chi connectivity index (χ2v) is 11.1. The van der Waals surface area contributed by atoms with Gasteiger partial charge in [-0.1, -0.05) is 18.2 Å². The van der Waals surface area contributed by atoms with Crippen molar-refractivity contribution in [2.75, 3.05) is 47.1 Å². The summed E-state index contributed by atoms with van der Waals surface area (Å²) in [5, 5.41) is 17.8. The van der Waals surface area contributed by atoms with Crippen LogP contribution in [0.25, 0.3) is 5.69 Å². The molecule has 2 atom stereocenters. The lowest BCUT2D eigenvalue weighted by Gasteiger charge is -2.59. The minimum absolute atomic E-state index is 0.00158. The van der Waals surface area contributed by atoms with Crippen molar-refractivity contribution in [3.05, 3.63) is 77.6 Å². The van der Waals surface area contributed by atoms with Gasteiger partial charge >= 0.3 is 0 Å². The predicted octanol–water partition coefficient (Wildman–Crippen LogP) is 3.36. The van der Waals surface area contributed by atoms with E-state index in [1.165, 1.54) is 12.1 Å². The Balaban J connectivity index is 1.37. The molecule has 8 nitrogen and oxygen atoms in total. The number of imidazole rings is 1. The van der Waals surface area contributed by atoms with Crippen LogP contribution in [0.4, 0.5) is 4.39 Å². The Kier molecular flexibility index (Phi) is 6.15. The van der Waals surface area contributed by atoms with Crippen LogP contribution in [-0.4, -0.2) is 77.5 Å². The zero-order valence-electron chi connectivity index (χ0n) is 22.1. The molecule has 4 heterocycles. The average Bonchev–Trinajstić information content (AvgIpc) is 3.33. The molecule has 0 amide bonds. The zero-order chi connectivity index (χ0) is 26.5. The monoisotopic (exact) mass is 519 g/mol. The maximum atomic E-state index is 13.8. The van der Waals surface area contributed by atoms with Crippen molar-refractivity contribution in [3.63, 3.8) is 0 Å². The Labute approximate surface area is 222 Å². The molecule has 2 aromatic carbocycles. The minimum Gasteiger partial charge on any atom is -0.495 e. The number of rotatable bonds is 6. The fourth-order valence-electron chi connectivity index (χ4n) is 6.39. The summed E-state index contributed by atoms with van der Waals surface area (Å²) in [7, 11) is 3.63.